The number of non-ortho nitro benzene ring substituents is 1. The molecule has 1 aliphatic rings. The lowest BCUT2D eigenvalue weighted by Gasteiger charge is -2.17. The standard InChI is InChI=1S/C19H17N3O3/c1-25-17-4-2-3-12-5-8-16(19(12)17)21-18-10-6-13-11-14(22(23)24)7-9-15(13)20-18/h2-4,6-7,9-11,16H,5,8H2,1H3,(H,20,21)/t16-/m1/s1. The summed E-state index contributed by atoms with van der Waals surface area (Å²) in [5.74, 6) is 1.65. The predicted molar refractivity (Wildman–Crippen MR) is 96.1 cm³/mol. The summed E-state index contributed by atoms with van der Waals surface area (Å²) >= 11 is 0. The molecule has 1 atom stereocenters. The minimum Gasteiger partial charge on any atom is -0.496 e. The molecule has 3 aromatic rings. The Hall–Kier alpha value is -3.15. The lowest BCUT2D eigenvalue weighted by molar-refractivity contribution is -0.384. The van der Waals surface area contributed by atoms with E-state index in [2.05, 4.69) is 16.4 Å². The van der Waals surface area contributed by atoms with Gasteiger partial charge >= 0.3 is 0 Å². The summed E-state index contributed by atoms with van der Waals surface area (Å²) in [6.45, 7) is 0. The van der Waals surface area contributed by atoms with Crippen LogP contribution in [0.5, 0.6) is 5.75 Å². The third-order valence-electron chi connectivity index (χ3n) is 4.63. The van der Waals surface area contributed by atoms with Crippen LogP contribution in [0.15, 0.2) is 48.5 Å². The van der Waals surface area contributed by atoms with Gasteiger partial charge in [-0.1, -0.05) is 12.1 Å². The molecule has 2 aromatic carbocycles. The molecule has 0 aliphatic heterocycles. The zero-order valence-corrected chi connectivity index (χ0v) is 13.7. The third-order valence-corrected chi connectivity index (χ3v) is 4.63. The van der Waals surface area contributed by atoms with Gasteiger partial charge in [-0.05, 0) is 42.7 Å². The second-order valence-electron chi connectivity index (χ2n) is 6.10. The number of hydrogen-bond donors (Lipinski definition) is 1. The van der Waals surface area contributed by atoms with Crippen LogP contribution in [0.2, 0.25) is 0 Å². The van der Waals surface area contributed by atoms with Crippen molar-refractivity contribution in [2.24, 2.45) is 0 Å². The maximum Gasteiger partial charge on any atom is 0.270 e. The van der Waals surface area contributed by atoms with Gasteiger partial charge < -0.3 is 10.1 Å². The Morgan fingerprint density at radius 2 is 2.12 bits per heavy atom. The normalized spacial score (nSPS) is 15.8. The summed E-state index contributed by atoms with van der Waals surface area (Å²) < 4.78 is 5.51. The van der Waals surface area contributed by atoms with Crippen molar-refractivity contribution < 1.29 is 9.66 Å². The second kappa shape index (κ2) is 6.05. The van der Waals surface area contributed by atoms with E-state index in [1.54, 1.807) is 19.2 Å². The van der Waals surface area contributed by atoms with Crippen molar-refractivity contribution in [3.63, 3.8) is 0 Å². The number of ether oxygens (including phenoxy) is 1. The number of hydrogen-bond acceptors (Lipinski definition) is 5. The molecule has 4 rings (SSSR count). The van der Waals surface area contributed by atoms with Gasteiger partial charge in [0.25, 0.3) is 5.69 Å². The fourth-order valence-electron chi connectivity index (χ4n) is 3.45. The topological polar surface area (TPSA) is 77.3 Å². The summed E-state index contributed by atoms with van der Waals surface area (Å²) in [7, 11) is 1.69. The minimum atomic E-state index is -0.395. The smallest absolute Gasteiger partial charge is 0.270 e. The summed E-state index contributed by atoms with van der Waals surface area (Å²) in [5, 5.41) is 15.1. The maximum absolute atomic E-state index is 10.9. The van der Waals surface area contributed by atoms with Gasteiger partial charge in [0, 0.05) is 23.1 Å². The highest BCUT2D eigenvalue weighted by Gasteiger charge is 2.26. The van der Waals surface area contributed by atoms with Crippen molar-refractivity contribution in [1.29, 1.82) is 0 Å². The number of nitrogens with one attached hydrogen (secondary N) is 1. The maximum atomic E-state index is 10.9. The average molecular weight is 335 g/mol. The van der Waals surface area contributed by atoms with Gasteiger partial charge in [0.1, 0.15) is 11.6 Å². The Labute approximate surface area is 144 Å². The molecular formula is C19H17N3O3. The summed E-state index contributed by atoms with van der Waals surface area (Å²) in [6, 6.07) is 14.7. The van der Waals surface area contributed by atoms with Crippen LogP contribution >= 0.6 is 0 Å². The minimum absolute atomic E-state index is 0.0736. The lowest BCUT2D eigenvalue weighted by atomic mass is 10.1. The van der Waals surface area contributed by atoms with Gasteiger partial charge in [0.2, 0.25) is 0 Å². The van der Waals surface area contributed by atoms with Crippen molar-refractivity contribution in [1.82, 2.24) is 4.98 Å². The van der Waals surface area contributed by atoms with E-state index in [4.69, 9.17) is 4.74 Å². The first-order chi connectivity index (χ1) is 12.2. The molecule has 126 valence electrons. The van der Waals surface area contributed by atoms with E-state index in [9.17, 15) is 10.1 Å². The van der Waals surface area contributed by atoms with Crippen LogP contribution in [0.4, 0.5) is 11.5 Å². The monoisotopic (exact) mass is 335 g/mol. The van der Waals surface area contributed by atoms with E-state index in [0.29, 0.717) is 0 Å². The molecule has 1 aromatic heterocycles. The van der Waals surface area contributed by atoms with Gasteiger partial charge in [-0.15, -0.1) is 0 Å². The fraction of sp³-hybridized carbons (Fsp3) is 0.211. The van der Waals surface area contributed by atoms with Gasteiger partial charge in [-0.2, -0.15) is 0 Å². The van der Waals surface area contributed by atoms with E-state index < -0.39 is 4.92 Å². The highest BCUT2D eigenvalue weighted by Crippen LogP contribution is 2.39. The zero-order valence-electron chi connectivity index (χ0n) is 13.7. The number of nitro benzene ring substituents is 1. The first-order valence-electron chi connectivity index (χ1n) is 8.13. The van der Waals surface area contributed by atoms with Crippen molar-refractivity contribution in [3.05, 3.63) is 69.8 Å². The molecule has 0 saturated heterocycles. The number of pyridine rings is 1. The fourth-order valence-corrected chi connectivity index (χ4v) is 3.45. The molecule has 1 aliphatic carbocycles. The zero-order chi connectivity index (χ0) is 17.4. The molecule has 6 nitrogen and oxygen atoms in total. The highest BCUT2D eigenvalue weighted by atomic mass is 16.6. The second-order valence-corrected chi connectivity index (χ2v) is 6.10. The molecule has 1 N–H and O–H groups in total. The molecular weight excluding hydrogens is 318 g/mol. The Kier molecular flexibility index (Phi) is 3.72. The Bertz CT molecular complexity index is 971. The number of aromatic nitrogens is 1. The lowest BCUT2D eigenvalue weighted by Crippen LogP contribution is -2.09. The van der Waals surface area contributed by atoms with E-state index in [-0.39, 0.29) is 11.7 Å². The van der Waals surface area contributed by atoms with E-state index in [1.807, 2.05) is 24.3 Å². The Morgan fingerprint density at radius 1 is 1.24 bits per heavy atom. The van der Waals surface area contributed by atoms with Gasteiger partial charge in [0.15, 0.2) is 0 Å². The van der Waals surface area contributed by atoms with Crippen molar-refractivity contribution in [2.75, 3.05) is 12.4 Å². The number of fused-ring (bicyclic) bond motifs is 2. The predicted octanol–water partition coefficient (Wildman–Crippen LogP) is 4.25. The quantitative estimate of drug-likeness (QED) is 0.569. The molecule has 0 bridgehead atoms. The number of aryl methyl sites for hydroxylation is 1. The number of rotatable bonds is 4. The SMILES string of the molecule is COc1cccc2c1[C@H](Nc1ccc3cc([N+](=O)[O-])ccc3n1)CC2. The first-order valence-corrected chi connectivity index (χ1v) is 8.13. The van der Waals surface area contributed by atoms with Crippen molar-refractivity contribution >= 4 is 22.4 Å². The van der Waals surface area contributed by atoms with E-state index in [0.717, 1.165) is 35.3 Å². The molecule has 6 heteroatoms. The van der Waals surface area contributed by atoms with Crippen LogP contribution < -0.4 is 10.1 Å². The molecule has 0 fully saturated rings. The molecule has 0 unspecified atom stereocenters. The van der Waals surface area contributed by atoms with E-state index >= 15 is 0 Å². The van der Waals surface area contributed by atoms with Crippen LogP contribution in [-0.4, -0.2) is 17.0 Å². The number of benzene rings is 2. The Balaban J connectivity index is 1.65. The van der Waals surface area contributed by atoms with Crippen molar-refractivity contribution in [2.45, 2.75) is 18.9 Å². The molecule has 0 spiro atoms. The van der Waals surface area contributed by atoms with Crippen LogP contribution in [0.3, 0.4) is 0 Å². The number of nitrogens with zero attached hydrogens (tertiary/aromatic N) is 2. The van der Waals surface area contributed by atoms with Crippen LogP contribution in [0.1, 0.15) is 23.6 Å². The molecule has 0 saturated carbocycles. The van der Waals surface area contributed by atoms with Gasteiger partial charge in [-0.25, -0.2) is 4.98 Å². The summed E-state index contributed by atoms with van der Waals surface area (Å²) in [6.07, 6.45) is 1.99. The largest absolute Gasteiger partial charge is 0.496 e. The highest BCUT2D eigenvalue weighted by molar-refractivity contribution is 5.82. The van der Waals surface area contributed by atoms with Crippen LogP contribution in [-0.2, 0) is 6.42 Å². The van der Waals surface area contributed by atoms with Crippen LogP contribution in [0.25, 0.3) is 10.9 Å². The number of nitro groups is 1. The van der Waals surface area contributed by atoms with Gasteiger partial charge in [-0.3, -0.25) is 10.1 Å². The molecule has 0 radical (unpaired) electrons. The van der Waals surface area contributed by atoms with Crippen molar-refractivity contribution in [3.8, 4) is 5.75 Å². The van der Waals surface area contributed by atoms with E-state index in [1.165, 1.54) is 17.2 Å². The average Bonchev–Trinajstić information content (AvgIpc) is 3.04. The summed E-state index contributed by atoms with van der Waals surface area (Å²) in [5.41, 5.74) is 3.29. The molecule has 1 heterocycles. The number of anilines is 1. The Morgan fingerprint density at radius 3 is 2.92 bits per heavy atom. The third kappa shape index (κ3) is 2.76. The first kappa shape index (κ1) is 15.4. The summed E-state index contributed by atoms with van der Waals surface area (Å²) in [4.78, 5) is 15.1. The van der Waals surface area contributed by atoms with Gasteiger partial charge in [0.05, 0.1) is 23.6 Å². The molecule has 25 heavy (non-hydrogen) atoms. The molecule has 0 amide bonds. The van der Waals surface area contributed by atoms with Crippen LogP contribution in [0, 0.1) is 10.1 Å². The number of methoxy groups -OCH3 is 1.